The van der Waals surface area contributed by atoms with Gasteiger partial charge in [0.1, 0.15) is 0 Å². The van der Waals surface area contributed by atoms with E-state index >= 15 is 0 Å². The van der Waals surface area contributed by atoms with Gasteiger partial charge in [0.05, 0.1) is 6.26 Å². The highest BCUT2D eigenvalue weighted by atomic mass is 32.2. The van der Waals surface area contributed by atoms with Crippen molar-refractivity contribution in [2.45, 2.75) is 27.2 Å². The van der Waals surface area contributed by atoms with E-state index in [0.29, 0.717) is 0 Å². The molecule has 1 aliphatic rings. The van der Waals surface area contributed by atoms with Crippen LogP contribution in [0.2, 0.25) is 0 Å². The molecule has 0 amide bonds. The third-order valence-corrected chi connectivity index (χ3v) is 3.31. The number of hydrogen-bond donors (Lipinski definition) is 1. The molecule has 0 radical (unpaired) electrons. The Bertz CT molecular complexity index is 746. The van der Waals surface area contributed by atoms with Crippen molar-refractivity contribution in [2.24, 2.45) is 11.1 Å². The average Bonchev–Trinajstić information content (AvgIpc) is 2.87. The lowest BCUT2D eigenvalue weighted by atomic mass is 10.0. The van der Waals surface area contributed by atoms with Crippen molar-refractivity contribution in [1.82, 2.24) is 0 Å². The van der Waals surface area contributed by atoms with Gasteiger partial charge in [-0.2, -0.15) is 0 Å². The van der Waals surface area contributed by atoms with Gasteiger partial charge < -0.3 is 4.90 Å². The van der Waals surface area contributed by atoms with Gasteiger partial charge in [0.25, 0.3) is 0 Å². The van der Waals surface area contributed by atoms with Gasteiger partial charge in [0.15, 0.2) is 0 Å². The molecule has 0 unspecified atom stereocenters. The monoisotopic (exact) mass is 362 g/mol. The van der Waals surface area contributed by atoms with Crippen LogP contribution >= 0.6 is 0 Å². The van der Waals surface area contributed by atoms with Gasteiger partial charge in [-0.05, 0) is 41.2 Å². The highest BCUT2D eigenvalue weighted by Crippen LogP contribution is 2.31. The van der Waals surface area contributed by atoms with E-state index in [0.717, 1.165) is 18.7 Å². The van der Waals surface area contributed by atoms with Gasteiger partial charge >= 0.3 is 0 Å². The highest BCUT2D eigenvalue weighted by Gasteiger charge is 2.15. The zero-order chi connectivity index (χ0) is 19.0. The maximum absolute atomic E-state index is 9.41. The number of anilines is 1. The molecule has 0 spiro atoms. The second-order valence-electron chi connectivity index (χ2n) is 6.94. The minimum atomic E-state index is -3.17. The molecule has 0 saturated carbocycles. The number of nitrogens with zero attached hydrogens (tertiary/aromatic N) is 1. The topological polar surface area (TPSA) is 63.4 Å². The average molecular weight is 363 g/mol. The minimum Gasteiger partial charge on any atom is -0.374 e. The number of rotatable bonds is 1. The van der Waals surface area contributed by atoms with Crippen molar-refractivity contribution in [1.29, 1.82) is 0 Å². The van der Waals surface area contributed by atoms with E-state index in [1.165, 1.54) is 28.8 Å². The van der Waals surface area contributed by atoms with Crippen LogP contribution in [0.15, 0.2) is 48.5 Å². The van der Waals surface area contributed by atoms with Crippen molar-refractivity contribution in [2.75, 3.05) is 24.7 Å². The number of hydrogen-bond acceptors (Lipinski definition) is 3. The van der Waals surface area contributed by atoms with Crippen LogP contribution in [0.4, 0.5) is 5.69 Å². The number of nitrogens with two attached hydrogens (primary N) is 1. The van der Waals surface area contributed by atoms with Crippen molar-refractivity contribution in [3.63, 3.8) is 0 Å². The molecule has 0 aliphatic carbocycles. The van der Waals surface area contributed by atoms with Crippen LogP contribution < -0.4 is 10.0 Å². The van der Waals surface area contributed by atoms with Crippen LogP contribution in [-0.4, -0.2) is 28.3 Å². The summed E-state index contributed by atoms with van der Waals surface area (Å²) < 4.78 is 18.8. The van der Waals surface area contributed by atoms with E-state index < -0.39 is 10.0 Å². The van der Waals surface area contributed by atoms with Crippen molar-refractivity contribution in [3.8, 4) is 11.1 Å². The predicted molar refractivity (Wildman–Crippen MR) is 108 cm³/mol. The fraction of sp³-hybridized carbons (Fsp3) is 0.400. The van der Waals surface area contributed by atoms with Gasteiger partial charge in [0.2, 0.25) is 10.0 Å². The predicted octanol–water partition coefficient (Wildman–Crippen LogP) is 3.91. The van der Waals surface area contributed by atoms with E-state index in [2.05, 4.69) is 86.4 Å². The van der Waals surface area contributed by atoms with Crippen LogP contribution in [0.3, 0.4) is 0 Å². The molecular formula is C20H30N2O2S. The third kappa shape index (κ3) is 8.70. The van der Waals surface area contributed by atoms with E-state index in [9.17, 15) is 8.42 Å². The molecule has 25 heavy (non-hydrogen) atoms. The Morgan fingerprint density at radius 1 is 1.00 bits per heavy atom. The zero-order valence-electron chi connectivity index (χ0n) is 15.9. The molecule has 2 aromatic rings. The molecule has 1 aliphatic heterocycles. The molecule has 0 bridgehead atoms. The van der Waals surface area contributed by atoms with Gasteiger partial charge in [-0.15, -0.1) is 0 Å². The van der Waals surface area contributed by atoms with E-state index in [-0.39, 0.29) is 0 Å². The van der Waals surface area contributed by atoms with Crippen LogP contribution in [-0.2, 0) is 16.4 Å². The molecule has 0 fully saturated rings. The second-order valence-corrected chi connectivity index (χ2v) is 8.60. The molecule has 5 heteroatoms. The van der Waals surface area contributed by atoms with Gasteiger partial charge in [0, 0.05) is 19.3 Å². The van der Waals surface area contributed by atoms with Crippen LogP contribution in [0.1, 0.15) is 26.3 Å². The molecule has 2 N–H and O–H groups in total. The van der Waals surface area contributed by atoms with Crippen LogP contribution in [0.25, 0.3) is 11.1 Å². The molecule has 0 saturated heterocycles. The van der Waals surface area contributed by atoms with Crippen LogP contribution in [0.5, 0.6) is 0 Å². The lowest BCUT2D eigenvalue weighted by Crippen LogP contribution is -2.12. The van der Waals surface area contributed by atoms with Gasteiger partial charge in [-0.25, -0.2) is 13.6 Å². The summed E-state index contributed by atoms with van der Waals surface area (Å²) in [6, 6.07) is 17.4. The van der Waals surface area contributed by atoms with Crippen molar-refractivity contribution >= 4 is 15.7 Å². The summed E-state index contributed by atoms with van der Waals surface area (Å²) in [6.07, 6.45) is 2.11. The maximum Gasteiger partial charge on any atom is 0.206 e. The first-order valence-electron chi connectivity index (χ1n) is 8.45. The summed E-state index contributed by atoms with van der Waals surface area (Å²) in [5, 5.41) is 4.33. The number of benzene rings is 2. The van der Waals surface area contributed by atoms with Crippen LogP contribution in [0, 0.1) is 5.92 Å². The SMILES string of the molecule is CC(C)C.CN1CCc2cc(-c3ccccc3)ccc21.CS(N)(=O)=O. The second kappa shape index (κ2) is 9.59. The standard InChI is InChI=1S/C15H15N.C4H10.CH5NO2S/c1-16-10-9-14-11-13(7-8-15(14)16)12-5-3-2-4-6-12;1-4(2)3;1-5(2,3)4/h2-8,11H,9-10H2,1H3;4H,1-3H3;1H3,(H2,2,3,4). The lowest BCUT2D eigenvalue weighted by molar-refractivity contribution is 0.603. The Labute approximate surface area is 152 Å². The molecule has 1 heterocycles. The Morgan fingerprint density at radius 3 is 2.04 bits per heavy atom. The van der Waals surface area contributed by atoms with Gasteiger partial charge in [-0.3, -0.25) is 0 Å². The first-order valence-corrected chi connectivity index (χ1v) is 10.4. The number of sulfonamides is 1. The lowest BCUT2D eigenvalue weighted by Gasteiger charge is -2.12. The molecule has 2 aromatic carbocycles. The summed E-state index contributed by atoms with van der Waals surface area (Å²) in [5.74, 6) is 0.833. The number of likely N-dealkylation sites (N-methyl/N-ethyl adjacent to an activating group) is 1. The summed E-state index contributed by atoms with van der Waals surface area (Å²) >= 11 is 0. The summed E-state index contributed by atoms with van der Waals surface area (Å²) in [6.45, 7) is 7.65. The molecule has 3 rings (SSSR count). The Kier molecular flexibility index (Phi) is 8.13. The molecule has 0 atom stereocenters. The fourth-order valence-electron chi connectivity index (χ4n) is 2.38. The maximum atomic E-state index is 9.41. The first kappa shape index (κ1) is 21.2. The van der Waals surface area contributed by atoms with Gasteiger partial charge in [-0.1, -0.05) is 57.2 Å². The van der Waals surface area contributed by atoms with E-state index in [4.69, 9.17) is 0 Å². The summed E-state index contributed by atoms with van der Waals surface area (Å²) in [5.41, 5.74) is 5.50. The molecule has 4 nitrogen and oxygen atoms in total. The molecule has 138 valence electrons. The smallest absolute Gasteiger partial charge is 0.206 e. The molecule has 0 aromatic heterocycles. The Hall–Kier alpha value is -1.85. The molecular weight excluding hydrogens is 332 g/mol. The quantitative estimate of drug-likeness (QED) is 0.836. The Morgan fingerprint density at radius 2 is 1.52 bits per heavy atom. The van der Waals surface area contributed by atoms with E-state index in [1.54, 1.807) is 0 Å². The zero-order valence-corrected chi connectivity index (χ0v) is 16.7. The van der Waals surface area contributed by atoms with E-state index in [1.807, 2.05) is 0 Å². The fourth-order valence-corrected chi connectivity index (χ4v) is 2.38. The minimum absolute atomic E-state index is 0.833. The summed E-state index contributed by atoms with van der Waals surface area (Å²) in [4.78, 5) is 2.32. The normalized spacial score (nSPS) is 12.7. The highest BCUT2D eigenvalue weighted by molar-refractivity contribution is 7.88. The third-order valence-electron chi connectivity index (χ3n) is 3.31. The largest absolute Gasteiger partial charge is 0.374 e. The first-order chi connectivity index (χ1) is 11.6. The number of fused-ring (bicyclic) bond motifs is 1. The Balaban J connectivity index is 0.000000293. The van der Waals surface area contributed by atoms with Crippen molar-refractivity contribution in [3.05, 3.63) is 54.1 Å². The number of primary sulfonamides is 1. The van der Waals surface area contributed by atoms with Crippen molar-refractivity contribution < 1.29 is 8.42 Å². The summed E-state index contributed by atoms with van der Waals surface area (Å²) in [7, 11) is -1.01.